The van der Waals surface area contributed by atoms with E-state index in [1.54, 1.807) is 0 Å². The Morgan fingerprint density at radius 2 is 0.887 bits per heavy atom. The van der Waals surface area contributed by atoms with Crippen LogP contribution in [0, 0.1) is 36.5 Å². The van der Waals surface area contributed by atoms with E-state index in [-0.39, 0.29) is 0 Å². The Morgan fingerprint density at radius 1 is 0.371 bits per heavy atom. The molecule has 0 aliphatic carbocycles. The molecule has 62 heavy (non-hydrogen) atoms. The molecule has 0 unspecified atom stereocenters. The average molecular weight is 794 g/mol. The van der Waals surface area contributed by atoms with Crippen LogP contribution in [0.5, 0.6) is 0 Å². The number of rotatable bonds is 6. The predicted molar refractivity (Wildman–Crippen MR) is 249 cm³/mol. The van der Waals surface area contributed by atoms with Gasteiger partial charge >= 0.3 is 0 Å². The van der Waals surface area contributed by atoms with Crippen molar-refractivity contribution in [3.8, 4) is 68.8 Å². The van der Waals surface area contributed by atoms with Crippen LogP contribution in [0.15, 0.2) is 176 Å². The zero-order valence-electron chi connectivity index (χ0n) is 33.9. The molecule has 7 heteroatoms. The second-order valence-corrected chi connectivity index (χ2v) is 15.7. The third-order valence-electron chi connectivity index (χ3n) is 11.8. The molecule has 0 N–H and O–H groups in total. The zero-order chi connectivity index (χ0) is 41.9. The van der Waals surface area contributed by atoms with Crippen LogP contribution in [0.3, 0.4) is 0 Å². The van der Waals surface area contributed by atoms with Gasteiger partial charge in [0.1, 0.15) is 0 Å². The summed E-state index contributed by atoms with van der Waals surface area (Å²) in [6.07, 6.45) is 0. The summed E-state index contributed by atoms with van der Waals surface area (Å²) >= 11 is 0. The number of aromatic nitrogens is 5. The molecular weight excluding hydrogens is 759 g/mol. The summed E-state index contributed by atoms with van der Waals surface area (Å²) in [5.41, 5.74) is 13.7. The molecule has 3 aromatic heterocycles. The Bertz CT molecular complexity index is 3670. The van der Waals surface area contributed by atoms with Gasteiger partial charge in [-0.05, 0) is 104 Å². The van der Waals surface area contributed by atoms with Crippen molar-refractivity contribution in [2.24, 2.45) is 0 Å². The number of fused-ring (bicyclic) bond motifs is 6. The van der Waals surface area contributed by atoms with Crippen LogP contribution in [-0.4, -0.2) is 24.1 Å². The smallest absolute Gasteiger partial charge is 0.166 e. The molecule has 0 aliphatic rings. The fourth-order valence-electron chi connectivity index (χ4n) is 8.83. The summed E-state index contributed by atoms with van der Waals surface area (Å²) in [7, 11) is 0. The third kappa shape index (κ3) is 6.00. The lowest BCUT2D eigenvalue weighted by molar-refractivity contribution is 1.06. The zero-order valence-corrected chi connectivity index (χ0v) is 33.9. The Labute approximate surface area is 357 Å². The summed E-state index contributed by atoms with van der Waals surface area (Å²) in [5, 5.41) is 24.4. The minimum absolute atomic E-state index is 0.471. The van der Waals surface area contributed by atoms with Gasteiger partial charge in [-0.3, -0.25) is 0 Å². The molecule has 11 rings (SSSR count). The summed E-state index contributed by atoms with van der Waals surface area (Å²) < 4.78 is 4.53. The standard InChI is InChI=1S/C55H35N7/c1-34-16-25-49-44(28-34)41-12-6-8-14-47(41)61(49)51-27-23-40(38-21-18-36(32-56)19-22-38)31-46(51)55-59-53(39-10-4-3-5-11-39)58-54(60-55)43-24-20-37(33-57)30-52(43)62-48-15-9-7-13-42(48)45-29-35(2)17-26-50(45)62/h3-31H,1-2H3. The summed E-state index contributed by atoms with van der Waals surface area (Å²) in [6.45, 7) is 4.23. The number of hydrogen-bond donors (Lipinski definition) is 0. The van der Waals surface area contributed by atoms with E-state index >= 15 is 0 Å². The van der Waals surface area contributed by atoms with Crippen molar-refractivity contribution in [2.45, 2.75) is 13.8 Å². The van der Waals surface area contributed by atoms with Gasteiger partial charge in [0.15, 0.2) is 17.5 Å². The molecule has 11 aromatic rings. The molecule has 0 atom stereocenters. The fourth-order valence-corrected chi connectivity index (χ4v) is 8.83. The number of hydrogen-bond acceptors (Lipinski definition) is 5. The second kappa shape index (κ2) is 14.6. The highest BCUT2D eigenvalue weighted by molar-refractivity contribution is 6.11. The summed E-state index contributed by atoms with van der Waals surface area (Å²) in [4.78, 5) is 16.0. The maximum absolute atomic E-state index is 10.3. The van der Waals surface area contributed by atoms with E-state index in [2.05, 4.69) is 132 Å². The maximum Gasteiger partial charge on any atom is 0.166 e. The lowest BCUT2D eigenvalue weighted by Gasteiger charge is -2.17. The Morgan fingerprint density at radius 3 is 1.52 bits per heavy atom. The van der Waals surface area contributed by atoms with E-state index in [9.17, 15) is 10.5 Å². The second-order valence-electron chi connectivity index (χ2n) is 15.7. The fraction of sp³-hybridized carbons (Fsp3) is 0.0364. The van der Waals surface area contributed by atoms with E-state index in [4.69, 9.17) is 15.0 Å². The van der Waals surface area contributed by atoms with Gasteiger partial charge < -0.3 is 9.13 Å². The van der Waals surface area contributed by atoms with Gasteiger partial charge in [-0.2, -0.15) is 10.5 Å². The molecule has 3 heterocycles. The Balaban J connectivity index is 1.23. The average Bonchev–Trinajstić information content (AvgIpc) is 3.83. The van der Waals surface area contributed by atoms with Crippen LogP contribution < -0.4 is 0 Å². The van der Waals surface area contributed by atoms with Crippen molar-refractivity contribution in [1.82, 2.24) is 24.1 Å². The summed E-state index contributed by atoms with van der Waals surface area (Å²) in [6, 6.07) is 64.4. The molecule has 290 valence electrons. The van der Waals surface area contributed by atoms with Crippen LogP contribution in [0.1, 0.15) is 22.3 Å². The molecule has 8 aromatic carbocycles. The number of aryl methyl sites for hydroxylation is 2. The minimum Gasteiger partial charge on any atom is -0.309 e. The van der Waals surface area contributed by atoms with Gasteiger partial charge in [-0.1, -0.05) is 108 Å². The SMILES string of the molecule is Cc1ccc2c(c1)c1ccccc1n2-c1ccc(-c2ccc(C#N)cc2)cc1-c1nc(-c2ccccc2)nc(-c2ccc(C#N)cc2-n2c3ccccc3c3cc(C)ccc32)n1. The van der Waals surface area contributed by atoms with E-state index in [0.29, 0.717) is 28.6 Å². The summed E-state index contributed by atoms with van der Waals surface area (Å²) in [5.74, 6) is 1.48. The first-order valence-corrected chi connectivity index (χ1v) is 20.5. The van der Waals surface area contributed by atoms with Crippen molar-refractivity contribution in [3.05, 3.63) is 198 Å². The molecular formula is C55H35N7. The van der Waals surface area contributed by atoms with Gasteiger partial charge in [-0.25, -0.2) is 15.0 Å². The Hall–Kier alpha value is -8.65. The third-order valence-corrected chi connectivity index (χ3v) is 11.8. The van der Waals surface area contributed by atoms with Crippen molar-refractivity contribution in [1.29, 1.82) is 10.5 Å². The van der Waals surface area contributed by atoms with Gasteiger partial charge in [-0.15, -0.1) is 0 Å². The normalized spacial score (nSPS) is 11.4. The number of para-hydroxylation sites is 2. The van der Waals surface area contributed by atoms with Gasteiger partial charge in [0.05, 0.1) is 56.7 Å². The first-order valence-electron chi connectivity index (χ1n) is 20.5. The molecule has 0 aliphatic heterocycles. The molecule has 0 amide bonds. The highest BCUT2D eigenvalue weighted by atomic mass is 15.1. The van der Waals surface area contributed by atoms with Crippen LogP contribution in [0.4, 0.5) is 0 Å². The molecule has 0 bridgehead atoms. The van der Waals surface area contributed by atoms with Crippen molar-refractivity contribution >= 4 is 43.6 Å². The van der Waals surface area contributed by atoms with Crippen LogP contribution >= 0.6 is 0 Å². The van der Waals surface area contributed by atoms with Gasteiger partial charge in [0, 0.05) is 38.2 Å². The number of nitrogens with zero attached hydrogens (tertiary/aromatic N) is 7. The molecule has 0 fully saturated rings. The first kappa shape index (κ1) is 36.4. The lowest BCUT2D eigenvalue weighted by atomic mass is 10.00. The highest BCUT2D eigenvalue weighted by Gasteiger charge is 2.23. The monoisotopic (exact) mass is 793 g/mol. The van der Waals surface area contributed by atoms with Crippen molar-refractivity contribution in [2.75, 3.05) is 0 Å². The van der Waals surface area contributed by atoms with E-state index in [1.165, 1.54) is 11.1 Å². The van der Waals surface area contributed by atoms with E-state index in [0.717, 1.165) is 82.8 Å². The Kier molecular flexibility index (Phi) is 8.56. The molecule has 0 radical (unpaired) electrons. The number of benzene rings is 8. The van der Waals surface area contributed by atoms with Gasteiger partial charge in [0.25, 0.3) is 0 Å². The minimum atomic E-state index is 0.471. The topological polar surface area (TPSA) is 96.1 Å². The van der Waals surface area contributed by atoms with Crippen molar-refractivity contribution in [3.63, 3.8) is 0 Å². The van der Waals surface area contributed by atoms with Crippen LogP contribution in [0.2, 0.25) is 0 Å². The highest BCUT2D eigenvalue weighted by Crippen LogP contribution is 2.40. The lowest BCUT2D eigenvalue weighted by Crippen LogP contribution is -2.06. The molecule has 7 nitrogen and oxygen atoms in total. The quantitative estimate of drug-likeness (QED) is 0.167. The van der Waals surface area contributed by atoms with Crippen LogP contribution in [-0.2, 0) is 0 Å². The molecule has 0 saturated heterocycles. The first-order chi connectivity index (χ1) is 30.4. The largest absolute Gasteiger partial charge is 0.309 e. The van der Waals surface area contributed by atoms with Crippen LogP contribution in [0.25, 0.3) is 100 Å². The predicted octanol–water partition coefficient (Wildman–Crippen LogP) is 13.1. The molecule has 0 spiro atoms. The van der Waals surface area contributed by atoms with E-state index in [1.807, 2.05) is 78.9 Å². The maximum atomic E-state index is 10.3. The molecule has 0 saturated carbocycles. The van der Waals surface area contributed by atoms with Gasteiger partial charge in [0.2, 0.25) is 0 Å². The van der Waals surface area contributed by atoms with Crippen molar-refractivity contribution < 1.29 is 0 Å². The van der Waals surface area contributed by atoms with E-state index < -0.39 is 0 Å². The number of nitriles is 2.